The number of ether oxygens (including phenoxy) is 1. The van der Waals surface area contributed by atoms with Gasteiger partial charge in [-0.3, -0.25) is 4.79 Å². The number of nitrogens with zero attached hydrogens (tertiary/aromatic N) is 3. The Morgan fingerprint density at radius 1 is 0.705 bits per heavy atom. The number of rotatable bonds is 6. The van der Waals surface area contributed by atoms with E-state index >= 15 is 0 Å². The van der Waals surface area contributed by atoms with Gasteiger partial charge in [0, 0.05) is 10.9 Å². The Kier molecular flexibility index (Phi) is 6.23. The lowest BCUT2D eigenvalue weighted by Crippen LogP contribution is -2.20. The van der Waals surface area contributed by atoms with E-state index in [-0.39, 0.29) is 5.56 Å². The van der Waals surface area contributed by atoms with E-state index in [0.717, 1.165) is 38.1 Å². The van der Waals surface area contributed by atoms with Crippen LogP contribution in [0, 0.1) is 0 Å². The van der Waals surface area contributed by atoms with Gasteiger partial charge in [0.2, 0.25) is 5.82 Å². The van der Waals surface area contributed by atoms with Crippen molar-refractivity contribution in [1.29, 1.82) is 0 Å². The number of fused-ring (bicyclic) bond motifs is 4. The van der Waals surface area contributed by atoms with Crippen LogP contribution in [0.15, 0.2) is 148 Å². The maximum absolute atomic E-state index is 13.9. The van der Waals surface area contributed by atoms with E-state index in [4.69, 9.17) is 19.2 Å². The third kappa shape index (κ3) is 4.50. The lowest BCUT2D eigenvalue weighted by molar-refractivity contribution is 0.307. The molecular weight excluding hydrogens is 546 g/mol. The minimum absolute atomic E-state index is 0.291. The summed E-state index contributed by atoms with van der Waals surface area (Å²) in [5.41, 5.74) is 2.84. The average Bonchev–Trinajstić information content (AvgIpc) is 3.51. The first-order chi connectivity index (χ1) is 21.7. The molecule has 0 spiro atoms. The molecule has 0 aliphatic carbocycles. The standard InChI is InChI=1S/C38H25N3O3/c42-38-31-17-6-7-18-33(31)40-37(36-22-27-12-3-8-19-34(27)44-36)41(38)39-23-32-30-16-5-2-11-26(30)20-21-35(32)43-24-28-14-9-13-25-10-1-4-15-29(25)28/h1-23H,24H2. The third-order valence-electron chi connectivity index (χ3n) is 7.90. The van der Waals surface area contributed by atoms with Crippen molar-refractivity contribution >= 4 is 49.6 Å². The Labute approximate surface area is 252 Å². The molecule has 0 N–H and O–H groups in total. The lowest BCUT2D eigenvalue weighted by atomic mass is 10.0. The van der Waals surface area contributed by atoms with Crippen LogP contribution in [0.4, 0.5) is 0 Å². The molecule has 2 aromatic heterocycles. The molecule has 6 aromatic carbocycles. The highest BCUT2D eigenvalue weighted by Crippen LogP contribution is 2.30. The molecule has 0 radical (unpaired) electrons. The van der Waals surface area contributed by atoms with Gasteiger partial charge in [-0.05, 0) is 57.4 Å². The van der Waals surface area contributed by atoms with Gasteiger partial charge in [-0.1, -0.05) is 103 Å². The van der Waals surface area contributed by atoms with Gasteiger partial charge in [0.05, 0.1) is 17.1 Å². The molecule has 6 heteroatoms. The van der Waals surface area contributed by atoms with E-state index < -0.39 is 0 Å². The normalized spacial score (nSPS) is 11.7. The molecule has 0 atom stereocenters. The van der Waals surface area contributed by atoms with Crippen LogP contribution in [0.2, 0.25) is 0 Å². The summed E-state index contributed by atoms with van der Waals surface area (Å²) < 4.78 is 13.9. The zero-order valence-corrected chi connectivity index (χ0v) is 23.6. The summed E-state index contributed by atoms with van der Waals surface area (Å²) in [5.74, 6) is 1.43. The SMILES string of the molecule is O=c1c2ccccc2nc(-c2cc3ccccc3o2)n1N=Cc1c(OCc2cccc3ccccc23)ccc2ccccc12. The van der Waals surface area contributed by atoms with Gasteiger partial charge in [-0.15, -0.1) is 0 Å². The molecule has 0 fully saturated rings. The van der Waals surface area contributed by atoms with E-state index in [1.807, 2.05) is 103 Å². The lowest BCUT2D eigenvalue weighted by Gasteiger charge is -2.13. The van der Waals surface area contributed by atoms with Crippen LogP contribution in [0.25, 0.3) is 55.0 Å². The Hall–Kier alpha value is -6.01. The van der Waals surface area contributed by atoms with Crippen LogP contribution >= 0.6 is 0 Å². The Bertz CT molecular complexity index is 2400. The van der Waals surface area contributed by atoms with Crippen LogP contribution < -0.4 is 10.3 Å². The number of hydrogen-bond acceptors (Lipinski definition) is 5. The number of furan rings is 1. The Morgan fingerprint density at radius 2 is 1.39 bits per heavy atom. The fourth-order valence-corrected chi connectivity index (χ4v) is 5.71. The average molecular weight is 572 g/mol. The number of aromatic nitrogens is 2. The van der Waals surface area contributed by atoms with E-state index in [9.17, 15) is 4.79 Å². The molecule has 8 aromatic rings. The second-order valence-corrected chi connectivity index (χ2v) is 10.6. The van der Waals surface area contributed by atoms with Crippen LogP contribution in [-0.2, 0) is 6.61 Å². The highest BCUT2D eigenvalue weighted by molar-refractivity contribution is 6.02. The van der Waals surface area contributed by atoms with Crippen LogP contribution in [0.3, 0.4) is 0 Å². The second kappa shape index (κ2) is 10.7. The molecule has 8 rings (SSSR count). The van der Waals surface area contributed by atoms with Gasteiger partial charge in [-0.25, -0.2) is 4.98 Å². The Balaban J connectivity index is 1.27. The molecule has 0 saturated heterocycles. The monoisotopic (exact) mass is 571 g/mol. The van der Waals surface area contributed by atoms with E-state index in [0.29, 0.717) is 40.4 Å². The summed E-state index contributed by atoms with van der Waals surface area (Å²) in [4.78, 5) is 18.7. The molecule has 0 aliphatic rings. The summed E-state index contributed by atoms with van der Waals surface area (Å²) in [6, 6.07) is 43.4. The van der Waals surface area contributed by atoms with Gasteiger partial charge in [-0.2, -0.15) is 9.78 Å². The topological polar surface area (TPSA) is 69.6 Å². The predicted octanol–water partition coefficient (Wildman–Crippen LogP) is 8.58. The van der Waals surface area contributed by atoms with E-state index in [1.165, 1.54) is 4.68 Å². The maximum Gasteiger partial charge on any atom is 0.282 e. The minimum atomic E-state index is -0.291. The second-order valence-electron chi connectivity index (χ2n) is 10.6. The number of para-hydroxylation sites is 2. The molecule has 6 nitrogen and oxygen atoms in total. The molecule has 0 bridgehead atoms. The van der Waals surface area contributed by atoms with Gasteiger partial charge < -0.3 is 9.15 Å². The molecule has 2 heterocycles. The van der Waals surface area contributed by atoms with Crippen LogP contribution in [0.1, 0.15) is 11.1 Å². The van der Waals surface area contributed by atoms with Crippen LogP contribution in [0.5, 0.6) is 5.75 Å². The largest absolute Gasteiger partial charge is 0.488 e. The third-order valence-corrected chi connectivity index (χ3v) is 7.90. The summed E-state index contributed by atoms with van der Waals surface area (Å²) >= 11 is 0. The summed E-state index contributed by atoms with van der Waals surface area (Å²) in [5, 5.41) is 10.5. The molecule has 44 heavy (non-hydrogen) atoms. The van der Waals surface area contributed by atoms with Crippen molar-refractivity contribution < 1.29 is 9.15 Å². The van der Waals surface area contributed by atoms with Crippen molar-refractivity contribution in [2.75, 3.05) is 0 Å². The van der Waals surface area contributed by atoms with Crippen molar-refractivity contribution in [3.63, 3.8) is 0 Å². The molecule has 0 saturated carbocycles. The molecule has 0 amide bonds. The van der Waals surface area contributed by atoms with Gasteiger partial charge in [0.1, 0.15) is 17.9 Å². The molecule has 0 aliphatic heterocycles. The first-order valence-electron chi connectivity index (χ1n) is 14.4. The first-order valence-corrected chi connectivity index (χ1v) is 14.4. The Morgan fingerprint density at radius 3 is 2.23 bits per heavy atom. The zero-order chi connectivity index (χ0) is 29.5. The van der Waals surface area contributed by atoms with E-state index in [1.54, 1.807) is 12.3 Å². The summed E-state index contributed by atoms with van der Waals surface area (Å²) in [7, 11) is 0. The van der Waals surface area contributed by atoms with Gasteiger partial charge in [0.25, 0.3) is 5.56 Å². The summed E-state index contributed by atoms with van der Waals surface area (Å²) in [6.45, 7) is 0.377. The van der Waals surface area contributed by atoms with Crippen molar-refractivity contribution in [2.45, 2.75) is 6.61 Å². The van der Waals surface area contributed by atoms with Crippen molar-refractivity contribution in [3.05, 3.63) is 155 Å². The minimum Gasteiger partial charge on any atom is -0.488 e. The summed E-state index contributed by atoms with van der Waals surface area (Å²) in [6.07, 6.45) is 1.69. The van der Waals surface area contributed by atoms with Gasteiger partial charge >= 0.3 is 0 Å². The van der Waals surface area contributed by atoms with Crippen LogP contribution in [-0.4, -0.2) is 15.9 Å². The highest BCUT2D eigenvalue weighted by Gasteiger charge is 2.17. The number of hydrogen-bond donors (Lipinski definition) is 0. The molecule has 210 valence electrons. The highest BCUT2D eigenvalue weighted by atomic mass is 16.5. The van der Waals surface area contributed by atoms with Crippen molar-refractivity contribution in [3.8, 4) is 17.3 Å². The molecular formula is C38H25N3O3. The predicted molar refractivity (Wildman–Crippen MR) is 176 cm³/mol. The first kappa shape index (κ1) is 25.7. The fraction of sp³-hybridized carbons (Fsp3) is 0.0263. The van der Waals surface area contributed by atoms with Gasteiger partial charge in [0.15, 0.2) is 5.76 Å². The quantitative estimate of drug-likeness (QED) is 0.188. The number of benzene rings is 6. The smallest absolute Gasteiger partial charge is 0.282 e. The van der Waals surface area contributed by atoms with E-state index in [2.05, 4.69) is 24.3 Å². The zero-order valence-electron chi connectivity index (χ0n) is 23.6. The fourth-order valence-electron chi connectivity index (χ4n) is 5.71. The molecule has 0 unspecified atom stereocenters. The maximum atomic E-state index is 13.9. The van der Waals surface area contributed by atoms with Crippen molar-refractivity contribution in [1.82, 2.24) is 9.66 Å². The van der Waals surface area contributed by atoms with Crippen molar-refractivity contribution in [2.24, 2.45) is 5.10 Å².